The van der Waals surface area contributed by atoms with Gasteiger partial charge in [-0.3, -0.25) is 24.5 Å². The molecule has 1 fully saturated rings. The zero-order valence-electron chi connectivity index (χ0n) is 15.4. The fraction of sp³-hybridized carbons (Fsp3) is 0.353. The van der Waals surface area contributed by atoms with Gasteiger partial charge in [0, 0.05) is 23.6 Å². The second kappa shape index (κ2) is 8.02. The number of H-pyrrole nitrogens is 1. The highest BCUT2D eigenvalue weighted by Crippen LogP contribution is 2.33. The Morgan fingerprint density at radius 1 is 1.30 bits per heavy atom. The average Bonchev–Trinajstić information content (AvgIpc) is 3.24. The van der Waals surface area contributed by atoms with E-state index in [-0.39, 0.29) is 22.8 Å². The van der Waals surface area contributed by atoms with Gasteiger partial charge in [0.15, 0.2) is 17.4 Å². The summed E-state index contributed by atoms with van der Waals surface area (Å²) in [4.78, 5) is 32.5. The minimum absolute atomic E-state index is 0.0184. The topological polar surface area (TPSA) is 182 Å². The van der Waals surface area contributed by atoms with Gasteiger partial charge in [-0.2, -0.15) is 16.7 Å². The molecule has 13 heteroatoms. The minimum Gasteiger partial charge on any atom is -0.387 e. The van der Waals surface area contributed by atoms with E-state index in [0.29, 0.717) is 11.5 Å². The van der Waals surface area contributed by atoms with E-state index in [9.17, 15) is 25.1 Å². The molecule has 1 aliphatic rings. The summed E-state index contributed by atoms with van der Waals surface area (Å²) in [6.45, 7) is 0. The molecular weight excluding hydrogens is 416 g/mol. The number of hydrogen-bond donors (Lipinski definition) is 4. The molecule has 12 nitrogen and oxygen atoms in total. The van der Waals surface area contributed by atoms with Gasteiger partial charge in [-0.05, 0) is 5.56 Å². The first-order chi connectivity index (χ1) is 14.3. The number of fused-ring (bicyclic) bond motifs is 1. The predicted molar refractivity (Wildman–Crippen MR) is 108 cm³/mol. The second-order valence-electron chi connectivity index (χ2n) is 6.76. The summed E-state index contributed by atoms with van der Waals surface area (Å²) in [6, 6.07) is 6.20. The second-order valence-corrected chi connectivity index (χ2v) is 7.79. The summed E-state index contributed by atoms with van der Waals surface area (Å²) in [5, 5.41) is 31.6. The lowest BCUT2D eigenvalue weighted by atomic mass is 10.1. The van der Waals surface area contributed by atoms with E-state index in [0.717, 1.165) is 5.56 Å². The van der Waals surface area contributed by atoms with E-state index in [1.165, 1.54) is 34.8 Å². The van der Waals surface area contributed by atoms with Crippen molar-refractivity contribution in [3.05, 3.63) is 56.6 Å². The third-order valence-electron chi connectivity index (χ3n) is 4.76. The Balaban J connectivity index is 1.43. The van der Waals surface area contributed by atoms with Gasteiger partial charge in [0.25, 0.3) is 11.2 Å². The SMILES string of the molecule is Nc1nc2c(ncn2[C@@H]2O[C@H](CSCc3ccc([N+](=O)[O-])cc3)[C@@H](O)[C@H]2O)c(=O)[nH]1. The van der Waals surface area contributed by atoms with Crippen LogP contribution in [0.4, 0.5) is 11.6 Å². The Morgan fingerprint density at radius 2 is 2.03 bits per heavy atom. The minimum atomic E-state index is -1.25. The predicted octanol–water partition coefficient (Wildman–Crippen LogP) is 0.163. The van der Waals surface area contributed by atoms with E-state index in [1.807, 2.05) is 0 Å². The largest absolute Gasteiger partial charge is 0.387 e. The van der Waals surface area contributed by atoms with Crippen molar-refractivity contribution in [2.45, 2.75) is 30.3 Å². The van der Waals surface area contributed by atoms with Crippen molar-refractivity contribution in [1.29, 1.82) is 0 Å². The third kappa shape index (κ3) is 3.75. The number of nitrogens with two attached hydrogens (primary N) is 1. The number of aliphatic hydroxyl groups excluding tert-OH is 2. The molecule has 1 aliphatic heterocycles. The molecule has 1 saturated heterocycles. The van der Waals surface area contributed by atoms with Crippen LogP contribution in [0.2, 0.25) is 0 Å². The Bertz CT molecular complexity index is 1130. The van der Waals surface area contributed by atoms with Crippen LogP contribution < -0.4 is 11.3 Å². The summed E-state index contributed by atoms with van der Waals surface area (Å²) in [5.41, 5.74) is 6.17. The van der Waals surface area contributed by atoms with Crippen molar-refractivity contribution in [3.63, 3.8) is 0 Å². The molecule has 4 rings (SSSR count). The maximum absolute atomic E-state index is 11.9. The number of aliphatic hydroxyl groups is 2. The number of rotatable bonds is 6. The number of hydrogen-bond acceptors (Lipinski definition) is 10. The maximum atomic E-state index is 11.9. The van der Waals surface area contributed by atoms with Crippen molar-refractivity contribution in [3.8, 4) is 0 Å². The van der Waals surface area contributed by atoms with Crippen LogP contribution in [0.1, 0.15) is 11.8 Å². The molecule has 3 aromatic rings. The van der Waals surface area contributed by atoms with Crippen molar-refractivity contribution >= 4 is 34.6 Å². The Labute approximate surface area is 172 Å². The molecule has 30 heavy (non-hydrogen) atoms. The molecule has 0 spiro atoms. The number of benzene rings is 1. The molecular formula is C17H18N6O6S. The highest BCUT2D eigenvalue weighted by atomic mass is 32.2. The first-order valence-electron chi connectivity index (χ1n) is 8.90. The maximum Gasteiger partial charge on any atom is 0.280 e. The number of non-ortho nitro benzene ring substituents is 1. The van der Waals surface area contributed by atoms with Gasteiger partial charge < -0.3 is 20.7 Å². The van der Waals surface area contributed by atoms with Crippen LogP contribution in [0, 0.1) is 10.1 Å². The van der Waals surface area contributed by atoms with Gasteiger partial charge in [-0.25, -0.2) is 4.98 Å². The smallest absolute Gasteiger partial charge is 0.280 e. The summed E-state index contributed by atoms with van der Waals surface area (Å²) < 4.78 is 7.20. The van der Waals surface area contributed by atoms with Gasteiger partial charge in [-0.15, -0.1) is 0 Å². The zero-order valence-corrected chi connectivity index (χ0v) is 16.2. The van der Waals surface area contributed by atoms with Crippen LogP contribution in [0.3, 0.4) is 0 Å². The molecule has 0 bridgehead atoms. The fourth-order valence-electron chi connectivity index (χ4n) is 3.23. The molecule has 0 saturated carbocycles. The van der Waals surface area contributed by atoms with Gasteiger partial charge >= 0.3 is 0 Å². The van der Waals surface area contributed by atoms with Crippen molar-refractivity contribution < 1.29 is 19.9 Å². The number of aromatic nitrogens is 4. The van der Waals surface area contributed by atoms with Crippen LogP contribution in [0.25, 0.3) is 11.2 Å². The summed E-state index contributed by atoms with van der Waals surface area (Å²) in [6.07, 6.45) is -2.77. The number of nitro groups is 1. The van der Waals surface area contributed by atoms with Crippen LogP contribution in [0.5, 0.6) is 0 Å². The van der Waals surface area contributed by atoms with E-state index < -0.39 is 35.0 Å². The number of anilines is 1. The van der Waals surface area contributed by atoms with Crippen molar-refractivity contribution in [1.82, 2.24) is 19.5 Å². The molecule has 2 aromatic heterocycles. The van der Waals surface area contributed by atoms with Crippen molar-refractivity contribution in [2.24, 2.45) is 0 Å². The van der Waals surface area contributed by atoms with Crippen molar-refractivity contribution in [2.75, 3.05) is 11.5 Å². The standard InChI is InChI=1S/C17H18N6O6S/c18-17-20-14-11(15(26)21-17)19-7-22(14)16-13(25)12(24)10(29-16)6-30-5-8-1-3-9(4-2-8)23(27)28/h1-4,7,10,12-13,16,24-25H,5-6H2,(H3,18,20,21,26)/t10-,12-,13-,16-/m1/s1. The molecule has 0 radical (unpaired) electrons. The van der Waals surface area contributed by atoms with E-state index in [1.54, 1.807) is 12.1 Å². The Hall–Kier alpha value is -3.00. The number of ether oxygens (including phenoxy) is 1. The zero-order chi connectivity index (χ0) is 21.4. The molecule has 0 aliphatic carbocycles. The molecule has 0 unspecified atom stereocenters. The highest BCUT2D eigenvalue weighted by Gasteiger charge is 2.44. The Morgan fingerprint density at radius 3 is 2.73 bits per heavy atom. The third-order valence-corrected chi connectivity index (χ3v) is 5.86. The fourth-order valence-corrected chi connectivity index (χ4v) is 4.29. The van der Waals surface area contributed by atoms with E-state index in [2.05, 4.69) is 15.0 Å². The van der Waals surface area contributed by atoms with Crippen LogP contribution in [-0.2, 0) is 10.5 Å². The first kappa shape index (κ1) is 20.3. The number of nitro benzene ring substituents is 1. The van der Waals surface area contributed by atoms with Crippen LogP contribution >= 0.6 is 11.8 Å². The summed E-state index contributed by atoms with van der Waals surface area (Å²) >= 11 is 1.45. The number of thioether (sulfide) groups is 1. The molecule has 1 aromatic carbocycles. The number of nitrogens with one attached hydrogen (secondary N) is 1. The monoisotopic (exact) mass is 434 g/mol. The quantitative estimate of drug-likeness (QED) is 0.308. The lowest BCUT2D eigenvalue weighted by Crippen LogP contribution is -2.32. The van der Waals surface area contributed by atoms with E-state index in [4.69, 9.17) is 10.5 Å². The number of aromatic amines is 1. The lowest BCUT2D eigenvalue weighted by Gasteiger charge is -2.16. The lowest BCUT2D eigenvalue weighted by molar-refractivity contribution is -0.384. The summed E-state index contributed by atoms with van der Waals surface area (Å²) in [5.74, 6) is 0.818. The first-order valence-corrected chi connectivity index (χ1v) is 10.1. The van der Waals surface area contributed by atoms with Gasteiger partial charge in [0.2, 0.25) is 5.95 Å². The molecule has 5 N–H and O–H groups in total. The highest BCUT2D eigenvalue weighted by molar-refractivity contribution is 7.98. The average molecular weight is 434 g/mol. The summed E-state index contributed by atoms with van der Waals surface area (Å²) in [7, 11) is 0. The van der Waals surface area contributed by atoms with Crippen LogP contribution in [-0.4, -0.2) is 58.7 Å². The number of imidazole rings is 1. The molecule has 3 heterocycles. The van der Waals surface area contributed by atoms with Crippen LogP contribution in [0.15, 0.2) is 35.4 Å². The number of nitrogens with zero attached hydrogens (tertiary/aromatic N) is 4. The van der Waals surface area contributed by atoms with Gasteiger partial charge in [0.05, 0.1) is 17.4 Å². The molecule has 4 atom stereocenters. The molecule has 0 amide bonds. The Kier molecular flexibility index (Phi) is 5.42. The normalized spacial score (nSPS) is 23.8. The van der Waals surface area contributed by atoms with Gasteiger partial charge in [0.1, 0.15) is 12.2 Å². The number of nitrogen functional groups attached to an aromatic ring is 1. The van der Waals surface area contributed by atoms with E-state index >= 15 is 0 Å². The van der Waals surface area contributed by atoms with Gasteiger partial charge in [-0.1, -0.05) is 12.1 Å². The molecule has 158 valence electrons.